The van der Waals surface area contributed by atoms with Crippen molar-refractivity contribution in [2.45, 2.75) is 49.1 Å². The summed E-state index contributed by atoms with van der Waals surface area (Å²) >= 11 is 0. The Bertz CT molecular complexity index is 900. The average Bonchev–Trinajstić information content (AvgIpc) is 2.61. The second-order valence-corrected chi connectivity index (χ2v) is 8.57. The Hall–Kier alpha value is -1.49. The molecule has 19 heteroatoms. The van der Waals surface area contributed by atoms with E-state index < -0.39 is 88.2 Å². The molecule has 1 unspecified atom stereocenters. The molecule has 180 valence electrons. The maximum Gasteiger partial charge on any atom is 0.397 e. The molecule has 17 nitrogen and oxygen atoms in total. The molecule has 1 fully saturated rings. The highest BCUT2D eigenvalue weighted by molar-refractivity contribution is 7.83. The minimum atomic E-state index is -5.05. The topological polar surface area (TPSA) is 276 Å². The first-order chi connectivity index (χ1) is 14.1. The summed E-state index contributed by atoms with van der Waals surface area (Å²) in [6.45, 7) is -1.12. The Kier molecular flexibility index (Phi) is 7.95. The molecule has 31 heavy (non-hydrogen) atoms. The van der Waals surface area contributed by atoms with Crippen LogP contribution in [0.15, 0.2) is 11.8 Å². The van der Waals surface area contributed by atoms with Gasteiger partial charge in [0.25, 0.3) is 0 Å². The van der Waals surface area contributed by atoms with Crippen molar-refractivity contribution in [1.29, 1.82) is 0 Å². The molecule has 2 aliphatic rings. The second kappa shape index (κ2) is 9.56. The number of carboxylic acids is 1. The predicted octanol–water partition coefficient (Wildman–Crippen LogP) is -4.92. The van der Waals surface area contributed by atoms with Crippen LogP contribution >= 0.6 is 0 Å². The zero-order valence-corrected chi connectivity index (χ0v) is 16.7. The Morgan fingerprint density at radius 1 is 1.10 bits per heavy atom. The lowest BCUT2D eigenvalue weighted by Gasteiger charge is -2.44. The molecule has 2 rings (SSSR count). The molecule has 0 bridgehead atoms. The number of hydrogen-bond donors (Lipinski definition) is 8. The van der Waals surface area contributed by atoms with Gasteiger partial charge in [0.15, 0.2) is 6.29 Å². The highest BCUT2D eigenvalue weighted by Crippen LogP contribution is 2.28. The molecule has 0 aromatic heterocycles. The first-order valence-electron chi connectivity index (χ1n) is 8.10. The van der Waals surface area contributed by atoms with Gasteiger partial charge in [0.05, 0.1) is 6.61 Å². The van der Waals surface area contributed by atoms with Gasteiger partial charge in [-0.2, -0.15) is 21.6 Å². The number of aliphatic hydroxyl groups is 4. The monoisotopic (exact) mass is 497 g/mol. The van der Waals surface area contributed by atoms with E-state index in [4.69, 9.17) is 28.4 Å². The number of aliphatic hydroxyl groups excluding tert-OH is 4. The van der Waals surface area contributed by atoms with E-state index in [1.807, 2.05) is 0 Å². The number of carboxylic acid groups (broad SMARTS) is 1. The van der Waals surface area contributed by atoms with E-state index in [1.54, 1.807) is 0 Å². The van der Waals surface area contributed by atoms with Crippen molar-refractivity contribution in [2.75, 3.05) is 6.61 Å². The van der Waals surface area contributed by atoms with Gasteiger partial charge in [-0.1, -0.05) is 0 Å². The van der Waals surface area contributed by atoms with Crippen molar-refractivity contribution < 1.29 is 74.7 Å². The zero-order valence-electron chi connectivity index (χ0n) is 15.0. The predicted molar refractivity (Wildman–Crippen MR) is 90.3 cm³/mol. The summed E-state index contributed by atoms with van der Waals surface area (Å²) in [6.07, 6.45) is -13.3. The van der Waals surface area contributed by atoms with Crippen molar-refractivity contribution in [3.63, 3.8) is 0 Å². The van der Waals surface area contributed by atoms with Gasteiger partial charge in [-0.05, 0) is 6.08 Å². The van der Waals surface area contributed by atoms with Crippen LogP contribution in [0.4, 0.5) is 0 Å². The van der Waals surface area contributed by atoms with Crippen molar-refractivity contribution in [3.05, 3.63) is 11.8 Å². The molecule has 0 aliphatic carbocycles. The van der Waals surface area contributed by atoms with E-state index in [1.165, 1.54) is 4.72 Å². The first kappa shape index (κ1) is 25.8. The van der Waals surface area contributed by atoms with E-state index in [-0.39, 0.29) is 0 Å². The molecule has 8 atom stereocenters. The van der Waals surface area contributed by atoms with E-state index >= 15 is 0 Å². The van der Waals surface area contributed by atoms with E-state index in [0.29, 0.717) is 6.08 Å². The van der Waals surface area contributed by atoms with Crippen molar-refractivity contribution >= 4 is 26.7 Å². The van der Waals surface area contributed by atoms with E-state index in [9.17, 15) is 42.1 Å². The number of aliphatic carboxylic acids is 1. The highest BCUT2D eigenvalue weighted by Gasteiger charge is 2.50. The minimum absolute atomic E-state index is 0.631. The van der Waals surface area contributed by atoms with Crippen LogP contribution in [0.3, 0.4) is 0 Å². The van der Waals surface area contributed by atoms with Crippen LogP contribution in [0.5, 0.6) is 0 Å². The molecule has 1 saturated heterocycles. The normalized spacial score (nSPS) is 37.0. The summed E-state index contributed by atoms with van der Waals surface area (Å²) in [5.41, 5.74) is 0. The summed E-state index contributed by atoms with van der Waals surface area (Å²) in [5.74, 6) is -2.54. The fourth-order valence-corrected chi connectivity index (χ4v) is 3.63. The standard InChI is InChI=1S/C12H19NO16S2/c14-3-1-4(10(17)18)28-12(7(3)15)29-9-5(2-26-31(23,24)25)27-11(19)6(8(9)16)13-30(20,21)22/h1,3,5-9,11-16,19H,2H2,(H,17,18)(H,20,21,22)(H,23,24,25)/t3-,5-,6-,7+,8-,9-,11?,12+/m1/s1. The van der Waals surface area contributed by atoms with Gasteiger partial charge in [-0.25, -0.2) is 8.98 Å². The summed E-state index contributed by atoms with van der Waals surface area (Å²) < 4.78 is 81.8. The fraction of sp³-hybridized carbons (Fsp3) is 0.750. The highest BCUT2D eigenvalue weighted by atomic mass is 32.3. The van der Waals surface area contributed by atoms with Crippen LogP contribution < -0.4 is 4.72 Å². The van der Waals surface area contributed by atoms with Crippen LogP contribution in [-0.4, -0.2) is 113 Å². The average molecular weight is 497 g/mol. The van der Waals surface area contributed by atoms with Crippen LogP contribution in [0.2, 0.25) is 0 Å². The second-order valence-electron chi connectivity index (χ2n) is 6.29. The minimum Gasteiger partial charge on any atom is -0.475 e. The van der Waals surface area contributed by atoms with Crippen molar-refractivity contribution in [1.82, 2.24) is 4.72 Å². The SMILES string of the molecule is O=C(O)C1=C[C@@H](O)[C@H](O)[C@H](O[C@H]2[C@H](O)[C@@H](NS(=O)(=O)O)C(O)O[C@@H]2COS(=O)(=O)O)O1. The van der Waals surface area contributed by atoms with Gasteiger partial charge in [0.2, 0.25) is 12.0 Å². The Balaban J connectivity index is 2.31. The van der Waals surface area contributed by atoms with Crippen molar-refractivity contribution in [3.8, 4) is 0 Å². The summed E-state index contributed by atoms with van der Waals surface area (Å²) in [4.78, 5) is 11.1. The molecular formula is C12H19NO16S2. The Morgan fingerprint density at radius 3 is 2.23 bits per heavy atom. The van der Waals surface area contributed by atoms with Gasteiger partial charge in [-0.15, -0.1) is 0 Å². The van der Waals surface area contributed by atoms with Gasteiger partial charge in [0, 0.05) is 0 Å². The molecule has 2 aliphatic heterocycles. The van der Waals surface area contributed by atoms with E-state index in [2.05, 4.69) is 4.18 Å². The van der Waals surface area contributed by atoms with Crippen LogP contribution in [0, 0.1) is 0 Å². The fourth-order valence-electron chi connectivity index (χ4n) is 2.72. The molecule has 2 heterocycles. The summed E-state index contributed by atoms with van der Waals surface area (Å²) in [7, 11) is -10.1. The lowest BCUT2D eigenvalue weighted by atomic mass is 9.97. The Morgan fingerprint density at radius 2 is 1.71 bits per heavy atom. The van der Waals surface area contributed by atoms with Crippen LogP contribution in [-0.2, 0) is 43.9 Å². The molecule has 0 amide bonds. The smallest absolute Gasteiger partial charge is 0.397 e. The molecular weight excluding hydrogens is 478 g/mol. The van der Waals surface area contributed by atoms with Gasteiger partial charge < -0.3 is 39.7 Å². The largest absolute Gasteiger partial charge is 0.475 e. The first-order valence-corrected chi connectivity index (χ1v) is 10.9. The number of hydrogen-bond acceptors (Lipinski definition) is 13. The number of nitrogens with one attached hydrogen (secondary N) is 1. The molecule has 0 radical (unpaired) electrons. The lowest BCUT2D eigenvalue weighted by Crippen LogP contribution is -2.66. The van der Waals surface area contributed by atoms with Crippen LogP contribution in [0.25, 0.3) is 0 Å². The number of carbonyl (C=O) groups is 1. The summed E-state index contributed by atoms with van der Waals surface area (Å²) in [5, 5.41) is 49.0. The van der Waals surface area contributed by atoms with Gasteiger partial charge in [0.1, 0.15) is 36.6 Å². The molecule has 0 aromatic rings. The summed E-state index contributed by atoms with van der Waals surface area (Å²) in [6, 6.07) is -2.01. The quantitative estimate of drug-likeness (QED) is 0.146. The third-order valence-electron chi connectivity index (χ3n) is 4.05. The van der Waals surface area contributed by atoms with E-state index in [0.717, 1.165) is 0 Å². The molecule has 0 spiro atoms. The lowest BCUT2D eigenvalue weighted by molar-refractivity contribution is -0.305. The maximum absolute atomic E-state index is 11.1. The number of ether oxygens (including phenoxy) is 3. The van der Waals surface area contributed by atoms with Crippen LogP contribution in [0.1, 0.15) is 0 Å². The molecule has 0 saturated carbocycles. The van der Waals surface area contributed by atoms with Gasteiger partial charge in [-0.3, -0.25) is 9.11 Å². The zero-order chi connectivity index (χ0) is 23.7. The third kappa shape index (κ3) is 7.00. The third-order valence-corrected chi connectivity index (χ3v) is 5.06. The number of rotatable bonds is 8. The maximum atomic E-state index is 11.1. The Labute approximate surface area is 174 Å². The van der Waals surface area contributed by atoms with Gasteiger partial charge >= 0.3 is 26.7 Å². The molecule has 8 N–H and O–H groups in total. The molecule has 0 aromatic carbocycles. The van der Waals surface area contributed by atoms with Crippen molar-refractivity contribution in [2.24, 2.45) is 0 Å².